The first-order valence-electron chi connectivity index (χ1n) is 10.3. The first-order chi connectivity index (χ1) is 14.7. The monoisotopic (exact) mass is 415 g/mol. The predicted octanol–water partition coefficient (Wildman–Crippen LogP) is 4.75. The fraction of sp³-hybridized carbons (Fsp3) is 0.280. The van der Waals surface area contributed by atoms with E-state index in [9.17, 15) is 9.59 Å². The minimum absolute atomic E-state index is 0.0401. The standard InChI is InChI=1S/C25H25N3O3/c1-16(24(30)31-25(2,3)4)17-9-10-22(21(11-17)19-12-26-15-27-13-19)28-14-18-7-5-6-8-20(18)23(28)29/h5-13,15-16H,14H2,1-4H3. The Labute approximate surface area is 181 Å². The van der Waals surface area contributed by atoms with E-state index in [1.165, 1.54) is 6.33 Å². The second kappa shape index (κ2) is 7.95. The number of carbonyl (C=O) groups is 2. The van der Waals surface area contributed by atoms with Crippen molar-refractivity contribution in [1.82, 2.24) is 9.97 Å². The Balaban J connectivity index is 1.75. The molecule has 0 radical (unpaired) electrons. The molecule has 0 N–H and O–H groups in total. The van der Waals surface area contributed by atoms with Crippen molar-refractivity contribution in [1.29, 1.82) is 0 Å². The maximum absolute atomic E-state index is 13.1. The molecule has 1 aliphatic rings. The van der Waals surface area contributed by atoms with Crippen molar-refractivity contribution in [2.24, 2.45) is 0 Å². The van der Waals surface area contributed by atoms with Gasteiger partial charge in [-0.2, -0.15) is 0 Å². The Morgan fingerprint density at radius 1 is 1.06 bits per heavy atom. The van der Waals surface area contributed by atoms with Gasteiger partial charge in [-0.05, 0) is 57.0 Å². The maximum atomic E-state index is 13.1. The van der Waals surface area contributed by atoms with Gasteiger partial charge in [0.15, 0.2) is 0 Å². The molecule has 31 heavy (non-hydrogen) atoms. The molecule has 0 saturated heterocycles. The number of hydrogen-bond acceptors (Lipinski definition) is 5. The Kier molecular flexibility index (Phi) is 5.31. The van der Waals surface area contributed by atoms with Gasteiger partial charge in [-0.3, -0.25) is 9.59 Å². The van der Waals surface area contributed by atoms with Crippen LogP contribution in [0.1, 0.15) is 55.1 Å². The Morgan fingerprint density at radius 3 is 2.45 bits per heavy atom. The van der Waals surface area contributed by atoms with Crippen LogP contribution >= 0.6 is 0 Å². The first kappa shape index (κ1) is 20.7. The predicted molar refractivity (Wildman–Crippen MR) is 119 cm³/mol. The lowest BCUT2D eigenvalue weighted by Crippen LogP contribution is -2.27. The lowest BCUT2D eigenvalue weighted by Gasteiger charge is -2.24. The molecular weight excluding hydrogens is 390 g/mol. The summed E-state index contributed by atoms with van der Waals surface area (Å²) in [7, 11) is 0. The second-order valence-electron chi connectivity index (χ2n) is 8.71. The molecule has 158 valence electrons. The molecule has 3 aromatic rings. The van der Waals surface area contributed by atoms with E-state index in [1.807, 2.05) is 70.2 Å². The molecule has 1 unspecified atom stereocenters. The number of fused-ring (bicyclic) bond motifs is 1. The highest BCUT2D eigenvalue weighted by molar-refractivity contribution is 6.11. The van der Waals surface area contributed by atoms with Gasteiger partial charge in [0.25, 0.3) is 5.91 Å². The van der Waals surface area contributed by atoms with Crippen molar-refractivity contribution in [3.05, 3.63) is 77.9 Å². The number of anilines is 1. The molecule has 0 fully saturated rings. The molecule has 0 bridgehead atoms. The average molecular weight is 415 g/mol. The molecule has 2 aromatic carbocycles. The van der Waals surface area contributed by atoms with E-state index in [0.29, 0.717) is 12.1 Å². The summed E-state index contributed by atoms with van der Waals surface area (Å²) in [5.74, 6) is -0.787. The van der Waals surface area contributed by atoms with Gasteiger partial charge in [0.2, 0.25) is 0 Å². The van der Waals surface area contributed by atoms with E-state index in [-0.39, 0.29) is 11.9 Å². The molecule has 6 heteroatoms. The molecule has 0 spiro atoms. The lowest BCUT2D eigenvalue weighted by molar-refractivity contribution is -0.156. The molecule has 2 heterocycles. The zero-order valence-corrected chi connectivity index (χ0v) is 18.1. The number of benzene rings is 2. The minimum atomic E-state index is -0.560. The third-order valence-corrected chi connectivity index (χ3v) is 5.26. The summed E-state index contributed by atoms with van der Waals surface area (Å²) in [5, 5.41) is 0. The molecule has 1 aromatic heterocycles. The Bertz CT molecular complexity index is 1140. The average Bonchev–Trinajstić information content (AvgIpc) is 3.09. The van der Waals surface area contributed by atoms with Crippen molar-refractivity contribution in [3.63, 3.8) is 0 Å². The van der Waals surface area contributed by atoms with E-state index in [1.54, 1.807) is 17.3 Å². The molecule has 6 nitrogen and oxygen atoms in total. The van der Waals surface area contributed by atoms with Crippen LogP contribution in [-0.4, -0.2) is 27.4 Å². The summed E-state index contributed by atoms with van der Waals surface area (Å²) in [4.78, 5) is 35.8. The summed E-state index contributed by atoms with van der Waals surface area (Å²) >= 11 is 0. The topological polar surface area (TPSA) is 72.4 Å². The zero-order chi connectivity index (χ0) is 22.2. The Hall–Kier alpha value is -3.54. The Morgan fingerprint density at radius 2 is 1.77 bits per heavy atom. The van der Waals surface area contributed by atoms with E-state index >= 15 is 0 Å². The van der Waals surface area contributed by atoms with Crippen LogP contribution < -0.4 is 4.90 Å². The fourth-order valence-electron chi connectivity index (χ4n) is 3.70. The van der Waals surface area contributed by atoms with Gasteiger partial charge in [0.1, 0.15) is 11.9 Å². The van der Waals surface area contributed by atoms with Crippen LogP contribution in [0.5, 0.6) is 0 Å². The van der Waals surface area contributed by atoms with Crippen LogP contribution in [0.25, 0.3) is 11.1 Å². The molecule has 0 saturated carbocycles. The number of ether oxygens (including phenoxy) is 1. The number of aromatic nitrogens is 2. The van der Waals surface area contributed by atoms with E-state index in [2.05, 4.69) is 9.97 Å². The number of esters is 1. The third kappa shape index (κ3) is 4.19. The van der Waals surface area contributed by atoms with Crippen molar-refractivity contribution in [2.45, 2.75) is 45.8 Å². The van der Waals surface area contributed by atoms with Crippen LogP contribution in [0.2, 0.25) is 0 Å². The van der Waals surface area contributed by atoms with Crippen LogP contribution in [0.15, 0.2) is 61.2 Å². The summed E-state index contributed by atoms with van der Waals surface area (Å²) in [6, 6.07) is 13.3. The van der Waals surface area contributed by atoms with Crippen molar-refractivity contribution in [2.75, 3.05) is 4.90 Å². The fourth-order valence-corrected chi connectivity index (χ4v) is 3.70. The highest BCUT2D eigenvalue weighted by Gasteiger charge is 2.31. The SMILES string of the molecule is CC(C(=O)OC(C)(C)C)c1ccc(N2Cc3ccccc3C2=O)c(-c2cncnc2)c1. The largest absolute Gasteiger partial charge is 0.460 e. The summed E-state index contributed by atoms with van der Waals surface area (Å²) < 4.78 is 5.56. The van der Waals surface area contributed by atoms with Crippen LogP contribution in [0, 0.1) is 0 Å². The van der Waals surface area contributed by atoms with Gasteiger partial charge in [-0.1, -0.05) is 24.3 Å². The quantitative estimate of drug-likeness (QED) is 0.575. The highest BCUT2D eigenvalue weighted by atomic mass is 16.6. The number of rotatable bonds is 4. The third-order valence-electron chi connectivity index (χ3n) is 5.26. The van der Waals surface area contributed by atoms with Crippen LogP contribution in [-0.2, 0) is 16.1 Å². The number of carbonyl (C=O) groups excluding carboxylic acids is 2. The highest BCUT2D eigenvalue weighted by Crippen LogP contribution is 2.37. The number of hydrogen-bond donors (Lipinski definition) is 0. The molecule has 1 amide bonds. The van der Waals surface area contributed by atoms with E-state index < -0.39 is 11.5 Å². The van der Waals surface area contributed by atoms with Crippen molar-refractivity contribution < 1.29 is 14.3 Å². The molecular formula is C25H25N3O3. The van der Waals surface area contributed by atoms with Gasteiger partial charge in [0, 0.05) is 29.1 Å². The normalized spacial score (nSPS) is 14.3. The number of nitrogens with zero attached hydrogens (tertiary/aromatic N) is 3. The molecule has 4 rings (SSSR count). The zero-order valence-electron chi connectivity index (χ0n) is 18.1. The summed E-state index contributed by atoms with van der Waals surface area (Å²) in [6.07, 6.45) is 4.89. The van der Waals surface area contributed by atoms with Gasteiger partial charge in [-0.15, -0.1) is 0 Å². The van der Waals surface area contributed by atoms with Crippen molar-refractivity contribution in [3.8, 4) is 11.1 Å². The molecule has 1 aliphatic heterocycles. The summed E-state index contributed by atoms with van der Waals surface area (Å²) in [6.45, 7) is 7.88. The molecule has 0 aliphatic carbocycles. The number of amides is 1. The minimum Gasteiger partial charge on any atom is -0.460 e. The van der Waals surface area contributed by atoms with Gasteiger partial charge >= 0.3 is 5.97 Å². The van der Waals surface area contributed by atoms with Gasteiger partial charge < -0.3 is 9.64 Å². The lowest BCUT2D eigenvalue weighted by atomic mass is 9.95. The summed E-state index contributed by atoms with van der Waals surface area (Å²) in [5.41, 5.74) is 4.29. The van der Waals surface area contributed by atoms with E-state index in [0.717, 1.165) is 27.9 Å². The van der Waals surface area contributed by atoms with Crippen LogP contribution in [0.3, 0.4) is 0 Å². The smallest absolute Gasteiger partial charge is 0.313 e. The molecule has 1 atom stereocenters. The first-order valence-corrected chi connectivity index (χ1v) is 10.3. The van der Waals surface area contributed by atoms with Gasteiger partial charge in [0.05, 0.1) is 18.2 Å². The van der Waals surface area contributed by atoms with Crippen molar-refractivity contribution >= 4 is 17.6 Å². The van der Waals surface area contributed by atoms with Crippen LogP contribution in [0.4, 0.5) is 5.69 Å². The second-order valence-corrected chi connectivity index (χ2v) is 8.71. The van der Waals surface area contributed by atoms with Gasteiger partial charge in [-0.25, -0.2) is 9.97 Å². The van der Waals surface area contributed by atoms with E-state index in [4.69, 9.17) is 4.74 Å². The maximum Gasteiger partial charge on any atom is 0.313 e.